The summed E-state index contributed by atoms with van der Waals surface area (Å²) in [4.78, 5) is 10.4. The summed E-state index contributed by atoms with van der Waals surface area (Å²) in [5, 5.41) is 14.7. The molecule has 0 radical (unpaired) electrons. The minimum atomic E-state index is -1.23. The third-order valence-electron chi connectivity index (χ3n) is 3.15. The predicted molar refractivity (Wildman–Crippen MR) is 60.7 cm³/mol. The normalized spacial score (nSPS) is 28.9. The maximum atomic E-state index is 13.4. The number of nitrogens with two attached hydrogens (primary N) is 1. The molecule has 2 rings (SSSR count). The molecule has 0 spiro atoms. The van der Waals surface area contributed by atoms with Crippen molar-refractivity contribution in [1.82, 2.24) is 9.78 Å². The van der Waals surface area contributed by atoms with E-state index in [1.807, 2.05) is 0 Å². The minimum absolute atomic E-state index is 0.103. The minimum Gasteiger partial charge on any atom is -0.369 e. The molecule has 0 saturated carbocycles. The molecule has 100 valence electrons. The van der Waals surface area contributed by atoms with E-state index in [0.29, 0.717) is 18.5 Å². The highest BCUT2D eigenvalue weighted by molar-refractivity contribution is 5.34. The number of hydrogen-bond acceptors (Lipinski definition) is 5. The number of ether oxygens (including phenoxy) is 1. The van der Waals surface area contributed by atoms with Crippen LogP contribution < -0.4 is 5.73 Å². The number of nitrogens with zero attached hydrogens (tertiary/aromatic N) is 3. The van der Waals surface area contributed by atoms with Crippen LogP contribution in [0.1, 0.15) is 24.6 Å². The van der Waals surface area contributed by atoms with Crippen LogP contribution in [0.4, 0.5) is 10.1 Å². The van der Waals surface area contributed by atoms with Crippen molar-refractivity contribution in [3.05, 3.63) is 22.0 Å². The molecule has 2 heterocycles. The van der Waals surface area contributed by atoms with E-state index in [2.05, 4.69) is 5.10 Å². The zero-order valence-corrected chi connectivity index (χ0v) is 9.95. The lowest BCUT2D eigenvalue weighted by atomic mass is 10.0. The largest absolute Gasteiger partial charge is 0.369 e. The zero-order chi connectivity index (χ0) is 13.3. The molecule has 0 bridgehead atoms. The van der Waals surface area contributed by atoms with Crippen LogP contribution in [0.25, 0.3) is 0 Å². The fourth-order valence-electron chi connectivity index (χ4n) is 2.10. The van der Waals surface area contributed by atoms with Crippen molar-refractivity contribution in [1.29, 1.82) is 0 Å². The van der Waals surface area contributed by atoms with Crippen molar-refractivity contribution in [3.8, 4) is 0 Å². The summed E-state index contributed by atoms with van der Waals surface area (Å²) in [5.74, 6) is 0. The zero-order valence-electron chi connectivity index (χ0n) is 9.95. The highest BCUT2D eigenvalue weighted by atomic mass is 19.1. The van der Waals surface area contributed by atoms with Crippen LogP contribution in [0, 0.1) is 10.1 Å². The highest BCUT2D eigenvalue weighted by Gasteiger charge is 2.32. The van der Waals surface area contributed by atoms with Crippen LogP contribution >= 0.6 is 0 Å². The molecule has 1 fully saturated rings. The molecule has 0 aromatic carbocycles. The van der Waals surface area contributed by atoms with Gasteiger partial charge in [0.2, 0.25) is 0 Å². The van der Waals surface area contributed by atoms with Crippen LogP contribution in [-0.4, -0.2) is 33.5 Å². The first-order valence-corrected chi connectivity index (χ1v) is 5.68. The molecule has 1 saturated heterocycles. The molecule has 1 aliphatic rings. The van der Waals surface area contributed by atoms with E-state index in [9.17, 15) is 14.5 Å². The van der Waals surface area contributed by atoms with Gasteiger partial charge in [0.05, 0.1) is 11.5 Å². The van der Waals surface area contributed by atoms with Gasteiger partial charge in [-0.05, 0) is 12.8 Å². The van der Waals surface area contributed by atoms with E-state index in [4.69, 9.17) is 10.5 Å². The van der Waals surface area contributed by atoms with Gasteiger partial charge >= 0.3 is 5.69 Å². The fraction of sp³-hybridized carbons (Fsp3) is 0.700. The molecule has 3 unspecified atom stereocenters. The van der Waals surface area contributed by atoms with Crippen molar-refractivity contribution in [3.63, 3.8) is 0 Å². The Hall–Kier alpha value is -1.54. The Labute approximate surface area is 103 Å². The number of alkyl halides is 1. The van der Waals surface area contributed by atoms with E-state index in [0.717, 1.165) is 0 Å². The van der Waals surface area contributed by atoms with E-state index in [-0.39, 0.29) is 12.3 Å². The molecule has 0 amide bonds. The van der Waals surface area contributed by atoms with Crippen LogP contribution in [-0.2, 0) is 11.8 Å². The molecule has 18 heavy (non-hydrogen) atoms. The van der Waals surface area contributed by atoms with Crippen LogP contribution in [0.2, 0.25) is 0 Å². The van der Waals surface area contributed by atoms with Crippen molar-refractivity contribution >= 4 is 5.69 Å². The Bertz CT molecular complexity index is 438. The smallest absolute Gasteiger partial charge is 0.312 e. The summed E-state index contributed by atoms with van der Waals surface area (Å²) < 4.78 is 20.2. The fourth-order valence-corrected chi connectivity index (χ4v) is 2.10. The lowest BCUT2D eigenvalue weighted by Gasteiger charge is -2.14. The third kappa shape index (κ3) is 2.34. The number of rotatable bonds is 2. The maximum absolute atomic E-state index is 13.4. The highest BCUT2D eigenvalue weighted by Crippen LogP contribution is 2.33. The van der Waals surface area contributed by atoms with E-state index in [1.54, 1.807) is 7.05 Å². The van der Waals surface area contributed by atoms with Crippen LogP contribution in [0.3, 0.4) is 0 Å². The molecule has 1 aromatic heterocycles. The van der Waals surface area contributed by atoms with Gasteiger partial charge in [0, 0.05) is 13.1 Å². The van der Waals surface area contributed by atoms with Crippen molar-refractivity contribution in [2.75, 3.05) is 6.61 Å². The van der Waals surface area contributed by atoms with Crippen molar-refractivity contribution < 1.29 is 14.1 Å². The van der Waals surface area contributed by atoms with Gasteiger partial charge in [0.25, 0.3) is 0 Å². The van der Waals surface area contributed by atoms with Gasteiger partial charge < -0.3 is 10.5 Å². The second kappa shape index (κ2) is 4.99. The van der Waals surface area contributed by atoms with Gasteiger partial charge in [-0.1, -0.05) is 0 Å². The summed E-state index contributed by atoms with van der Waals surface area (Å²) in [7, 11) is 1.60. The molecule has 3 atom stereocenters. The molecule has 1 aromatic rings. The summed E-state index contributed by atoms with van der Waals surface area (Å²) in [6.45, 7) is -0.145. The van der Waals surface area contributed by atoms with Crippen LogP contribution in [0.15, 0.2) is 6.20 Å². The van der Waals surface area contributed by atoms with Gasteiger partial charge in [-0.25, -0.2) is 4.39 Å². The molecule has 2 N–H and O–H groups in total. The van der Waals surface area contributed by atoms with E-state index < -0.39 is 23.2 Å². The average molecular weight is 258 g/mol. The first kappa shape index (κ1) is 12.9. The van der Waals surface area contributed by atoms with E-state index in [1.165, 1.54) is 10.9 Å². The molecule has 8 heteroatoms. The van der Waals surface area contributed by atoms with Crippen molar-refractivity contribution in [2.45, 2.75) is 31.2 Å². The Balaban J connectivity index is 2.26. The number of halogens is 1. The van der Waals surface area contributed by atoms with Gasteiger partial charge in [0.1, 0.15) is 24.2 Å². The molecular formula is C10H15FN4O3. The second-order valence-corrected chi connectivity index (χ2v) is 4.37. The second-order valence-electron chi connectivity index (χ2n) is 4.37. The Morgan fingerprint density at radius 1 is 1.67 bits per heavy atom. The Morgan fingerprint density at radius 3 is 3.06 bits per heavy atom. The summed E-state index contributed by atoms with van der Waals surface area (Å²) in [5.41, 5.74) is 5.88. The molecule has 7 nitrogen and oxygen atoms in total. The van der Waals surface area contributed by atoms with Gasteiger partial charge in [-0.3, -0.25) is 14.8 Å². The Morgan fingerprint density at radius 2 is 2.39 bits per heavy atom. The monoisotopic (exact) mass is 258 g/mol. The van der Waals surface area contributed by atoms with Crippen molar-refractivity contribution in [2.24, 2.45) is 12.8 Å². The summed E-state index contributed by atoms with van der Waals surface area (Å²) >= 11 is 0. The Kier molecular flexibility index (Phi) is 3.58. The van der Waals surface area contributed by atoms with Gasteiger partial charge in [-0.15, -0.1) is 0 Å². The summed E-state index contributed by atoms with van der Waals surface area (Å²) in [6, 6.07) is -0.581. The molecular weight excluding hydrogens is 243 g/mol. The third-order valence-corrected chi connectivity index (χ3v) is 3.15. The van der Waals surface area contributed by atoms with Crippen LogP contribution in [0.5, 0.6) is 0 Å². The lowest BCUT2D eigenvalue weighted by molar-refractivity contribution is -0.386. The first-order valence-electron chi connectivity index (χ1n) is 5.68. The topological polar surface area (TPSA) is 96.2 Å². The standard InChI is InChI=1S/C10H15FN4O3/c1-14-10(8(4-13-14)15(16)17)9-3-2-7(12)6(11)5-18-9/h4,6-7,9H,2-3,5,12H2,1H3. The quantitative estimate of drug-likeness (QED) is 0.626. The first-order chi connectivity index (χ1) is 8.50. The van der Waals surface area contributed by atoms with E-state index >= 15 is 0 Å². The van der Waals surface area contributed by atoms with Gasteiger partial charge in [0.15, 0.2) is 0 Å². The number of hydrogen-bond donors (Lipinski definition) is 1. The maximum Gasteiger partial charge on any atom is 0.312 e. The number of aryl methyl sites for hydroxylation is 1. The van der Waals surface area contributed by atoms with Gasteiger partial charge in [-0.2, -0.15) is 5.10 Å². The summed E-state index contributed by atoms with van der Waals surface area (Å²) in [6.07, 6.45) is 0.277. The molecule has 0 aliphatic carbocycles. The SMILES string of the molecule is Cn1ncc([N+](=O)[O-])c1C1CCC(N)C(F)CO1. The molecule has 1 aliphatic heterocycles. The number of nitro groups is 1. The average Bonchev–Trinajstić information content (AvgIpc) is 2.63. The number of aromatic nitrogens is 2. The predicted octanol–water partition coefficient (Wildman–Crippen LogP) is 0.845. The lowest BCUT2D eigenvalue weighted by Crippen LogP contribution is -2.32.